The fraction of sp³-hybridized carbons (Fsp3) is 0.727. The number of hydrogen-bond acceptors (Lipinski definition) is 3. The summed E-state index contributed by atoms with van der Waals surface area (Å²) in [6.07, 6.45) is 2.83. The Morgan fingerprint density at radius 1 is 1.21 bits per heavy atom. The number of carbonyl (C=O) groups is 1. The van der Waals surface area contributed by atoms with Crippen LogP contribution in [-0.4, -0.2) is 12.6 Å². The lowest BCUT2D eigenvalue weighted by Gasteiger charge is -2.08. The molecule has 14 heavy (non-hydrogen) atoms. The van der Waals surface area contributed by atoms with Gasteiger partial charge < -0.3 is 10.9 Å². The van der Waals surface area contributed by atoms with Gasteiger partial charge in [0.1, 0.15) is 0 Å². The van der Waals surface area contributed by atoms with Crippen LogP contribution in [0.3, 0.4) is 0 Å². The standard InChI is InChI=1S/C11H20O2.H3N/c1-5-8-9(4)10(6-2)11(12)13-7-3;/h5-8H2,1-4H3;1H3. The van der Waals surface area contributed by atoms with Crippen LogP contribution in [0.1, 0.15) is 47.0 Å². The SMILES string of the molecule is CCCC(C)=C(CC)C(=O)OCC.N. The van der Waals surface area contributed by atoms with Crippen LogP contribution < -0.4 is 6.15 Å². The number of hydrogen-bond donors (Lipinski definition) is 1. The maximum absolute atomic E-state index is 11.4. The molecular weight excluding hydrogens is 178 g/mol. The number of ether oxygens (including phenoxy) is 1. The average molecular weight is 201 g/mol. The van der Waals surface area contributed by atoms with Gasteiger partial charge in [-0.25, -0.2) is 4.79 Å². The Bertz CT molecular complexity index is 197. The van der Waals surface area contributed by atoms with Crippen molar-refractivity contribution in [3.05, 3.63) is 11.1 Å². The molecule has 0 aliphatic carbocycles. The molecule has 0 fully saturated rings. The van der Waals surface area contributed by atoms with E-state index in [4.69, 9.17) is 4.74 Å². The number of carbonyl (C=O) groups excluding carboxylic acids is 1. The lowest BCUT2D eigenvalue weighted by molar-refractivity contribution is -0.138. The molecule has 0 aliphatic heterocycles. The molecule has 0 saturated carbocycles. The summed E-state index contributed by atoms with van der Waals surface area (Å²) in [6.45, 7) is 8.41. The first-order chi connectivity index (χ1) is 6.17. The summed E-state index contributed by atoms with van der Waals surface area (Å²) in [5.74, 6) is -0.143. The largest absolute Gasteiger partial charge is 0.463 e. The third-order valence-corrected chi connectivity index (χ3v) is 2.02. The summed E-state index contributed by atoms with van der Waals surface area (Å²) in [5, 5.41) is 0. The summed E-state index contributed by atoms with van der Waals surface area (Å²) < 4.78 is 4.97. The molecule has 3 N–H and O–H groups in total. The van der Waals surface area contributed by atoms with Crippen molar-refractivity contribution >= 4 is 5.97 Å². The second-order valence-corrected chi connectivity index (χ2v) is 3.08. The van der Waals surface area contributed by atoms with Gasteiger partial charge in [-0.3, -0.25) is 0 Å². The fourth-order valence-electron chi connectivity index (χ4n) is 1.36. The molecule has 0 aromatic rings. The van der Waals surface area contributed by atoms with Crippen LogP contribution >= 0.6 is 0 Å². The van der Waals surface area contributed by atoms with Crippen molar-refractivity contribution in [1.29, 1.82) is 0 Å². The van der Waals surface area contributed by atoms with Gasteiger partial charge in [0.2, 0.25) is 0 Å². The van der Waals surface area contributed by atoms with Crippen LogP contribution in [-0.2, 0) is 9.53 Å². The van der Waals surface area contributed by atoms with Gasteiger partial charge in [0.15, 0.2) is 0 Å². The molecule has 84 valence electrons. The van der Waals surface area contributed by atoms with Gasteiger partial charge in [-0.1, -0.05) is 25.8 Å². The Morgan fingerprint density at radius 3 is 2.14 bits per heavy atom. The Labute approximate surface area is 87.1 Å². The highest BCUT2D eigenvalue weighted by Gasteiger charge is 2.10. The molecule has 0 heterocycles. The first-order valence-electron chi connectivity index (χ1n) is 5.03. The van der Waals surface area contributed by atoms with Crippen molar-refractivity contribution in [2.45, 2.75) is 47.0 Å². The van der Waals surface area contributed by atoms with E-state index >= 15 is 0 Å². The van der Waals surface area contributed by atoms with Crippen LogP contribution in [0.5, 0.6) is 0 Å². The molecule has 0 unspecified atom stereocenters. The first-order valence-corrected chi connectivity index (χ1v) is 5.03. The lowest BCUT2D eigenvalue weighted by atomic mass is 10.0. The van der Waals surface area contributed by atoms with Gasteiger partial charge >= 0.3 is 5.97 Å². The molecule has 0 aromatic heterocycles. The summed E-state index contributed by atoms with van der Waals surface area (Å²) in [4.78, 5) is 11.4. The van der Waals surface area contributed by atoms with Crippen molar-refractivity contribution in [2.75, 3.05) is 6.61 Å². The molecule has 0 rings (SSSR count). The molecule has 0 saturated heterocycles. The van der Waals surface area contributed by atoms with E-state index in [0.29, 0.717) is 6.61 Å². The van der Waals surface area contributed by atoms with Gasteiger partial charge in [0, 0.05) is 5.57 Å². The van der Waals surface area contributed by atoms with Gasteiger partial charge in [0.05, 0.1) is 6.61 Å². The topological polar surface area (TPSA) is 61.3 Å². The Kier molecular flexibility index (Phi) is 9.78. The molecule has 0 aromatic carbocycles. The minimum atomic E-state index is -0.143. The highest BCUT2D eigenvalue weighted by Crippen LogP contribution is 2.15. The van der Waals surface area contributed by atoms with Crippen molar-refractivity contribution in [2.24, 2.45) is 0 Å². The second kappa shape index (κ2) is 8.75. The summed E-state index contributed by atoms with van der Waals surface area (Å²) in [7, 11) is 0. The predicted molar refractivity (Wildman–Crippen MR) is 59.6 cm³/mol. The molecule has 0 radical (unpaired) electrons. The quantitative estimate of drug-likeness (QED) is 0.548. The normalized spacial score (nSPS) is 11.4. The zero-order valence-electron chi connectivity index (χ0n) is 9.85. The number of allylic oxidation sites excluding steroid dienone is 1. The minimum absolute atomic E-state index is 0. The van der Waals surface area contributed by atoms with Gasteiger partial charge in [-0.15, -0.1) is 0 Å². The first kappa shape index (κ1) is 15.6. The number of rotatable bonds is 5. The van der Waals surface area contributed by atoms with Crippen LogP contribution in [0.4, 0.5) is 0 Å². The molecule has 3 nitrogen and oxygen atoms in total. The zero-order chi connectivity index (χ0) is 10.3. The Morgan fingerprint density at radius 2 is 1.79 bits per heavy atom. The second-order valence-electron chi connectivity index (χ2n) is 3.08. The summed E-state index contributed by atoms with van der Waals surface area (Å²) in [6, 6.07) is 0. The molecule has 0 aliphatic rings. The van der Waals surface area contributed by atoms with E-state index in [1.807, 2.05) is 20.8 Å². The van der Waals surface area contributed by atoms with E-state index in [-0.39, 0.29) is 12.1 Å². The van der Waals surface area contributed by atoms with Crippen molar-refractivity contribution in [3.8, 4) is 0 Å². The van der Waals surface area contributed by atoms with E-state index in [2.05, 4.69) is 6.92 Å². The average Bonchev–Trinajstić information content (AvgIpc) is 2.06. The van der Waals surface area contributed by atoms with E-state index in [1.165, 1.54) is 5.57 Å². The molecule has 0 atom stereocenters. The van der Waals surface area contributed by atoms with Crippen LogP contribution in [0.25, 0.3) is 0 Å². The van der Waals surface area contributed by atoms with Crippen molar-refractivity contribution in [1.82, 2.24) is 6.15 Å². The smallest absolute Gasteiger partial charge is 0.333 e. The van der Waals surface area contributed by atoms with Crippen LogP contribution in [0.2, 0.25) is 0 Å². The lowest BCUT2D eigenvalue weighted by Crippen LogP contribution is -2.09. The van der Waals surface area contributed by atoms with Crippen molar-refractivity contribution < 1.29 is 9.53 Å². The molecule has 3 heteroatoms. The van der Waals surface area contributed by atoms with Crippen LogP contribution in [0.15, 0.2) is 11.1 Å². The molecular formula is C11H23NO2. The minimum Gasteiger partial charge on any atom is -0.463 e. The molecule has 0 spiro atoms. The highest BCUT2D eigenvalue weighted by molar-refractivity contribution is 5.89. The maximum atomic E-state index is 11.4. The fourth-order valence-corrected chi connectivity index (χ4v) is 1.36. The van der Waals surface area contributed by atoms with Crippen molar-refractivity contribution in [3.63, 3.8) is 0 Å². The van der Waals surface area contributed by atoms with Gasteiger partial charge in [-0.05, 0) is 26.7 Å². The Balaban J connectivity index is 0. The molecule has 0 amide bonds. The van der Waals surface area contributed by atoms with Gasteiger partial charge in [0.25, 0.3) is 0 Å². The predicted octanol–water partition coefficient (Wildman–Crippen LogP) is 3.24. The van der Waals surface area contributed by atoms with Crippen LogP contribution in [0, 0.1) is 0 Å². The van der Waals surface area contributed by atoms with E-state index in [9.17, 15) is 4.79 Å². The molecule has 0 bridgehead atoms. The summed E-state index contributed by atoms with van der Waals surface area (Å²) in [5.41, 5.74) is 2.02. The van der Waals surface area contributed by atoms with E-state index in [1.54, 1.807) is 0 Å². The highest BCUT2D eigenvalue weighted by atomic mass is 16.5. The monoisotopic (exact) mass is 201 g/mol. The Hall–Kier alpha value is -0.830. The maximum Gasteiger partial charge on any atom is 0.333 e. The van der Waals surface area contributed by atoms with Gasteiger partial charge in [-0.2, -0.15) is 0 Å². The zero-order valence-corrected chi connectivity index (χ0v) is 9.85. The van der Waals surface area contributed by atoms with E-state index < -0.39 is 0 Å². The van der Waals surface area contributed by atoms with E-state index in [0.717, 1.165) is 24.8 Å². The summed E-state index contributed by atoms with van der Waals surface area (Å²) >= 11 is 0. The third-order valence-electron chi connectivity index (χ3n) is 2.02. The third kappa shape index (κ3) is 5.02. The number of esters is 1.